The number of nitrogens with zero attached hydrogens (tertiary/aromatic N) is 2. The van der Waals surface area contributed by atoms with Crippen molar-refractivity contribution in [2.75, 3.05) is 0 Å². The Morgan fingerprint density at radius 2 is 2.22 bits per heavy atom. The summed E-state index contributed by atoms with van der Waals surface area (Å²) in [6, 6.07) is 9.85. The molecule has 0 amide bonds. The van der Waals surface area contributed by atoms with Crippen molar-refractivity contribution in [3.63, 3.8) is 0 Å². The average Bonchev–Trinajstić information content (AvgIpc) is 2.85. The summed E-state index contributed by atoms with van der Waals surface area (Å²) >= 11 is -0.127. The molecule has 0 aliphatic carbocycles. The summed E-state index contributed by atoms with van der Waals surface area (Å²) in [5.74, 6) is 1.32. The van der Waals surface area contributed by atoms with Crippen molar-refractivity contribution < 1.29 is 9.34 Å². The minimum absolute atomic E-state index is 0.0340. The van der Waals surface area contributed by atoms with Crippen LogP contribution in [0.4, 0.5) is 5.69 Å². The monoisotopic (exact) mass is 308 g/mol. The predicted octanol–water partition coefficient (Wildman–Crippen LogP) is 2.54. The fraction of sp³-hybridized carbons (Fsp3) is 0.0833. The molecule has 0 N–H and O–H groups in total. The summed E-state index contributed by atoms with van der Waals surface area (Å²) < 4.78 is 5.55. The molecule has 0 radical (unpaired) electrons. The predicted molar refractivity (Wildman–Crippen MR) is 65.9 cm³/mol. The van der Waals surface area contributed by atoms with Gasteiger partial charge in [-0.2, -0.15) is 0 Å². The molecule has 1 aromatic heterocycles. The quantitative estimate of drug-likeness (QED) is 0.494. The van der Waals surface area contributed by atoms with Crippen molar-refractivity contribution in [3.05, 3.63) is 52.3 Å². The molecule has 1 heterocycles. The maximum atomic E-state index is 10.7. The Morgan fingerprint density at radius 3 is 2.94 bits per heavy atom. The number of rotatable bonds is 4. The van der Waals surface area contributed by atoms with Crippen LogP contribution in [0.2, 0.25) is 0 Å². The van der Waals surface area contributed by atoms with Crippen molar-refractivity contribution >= 4 is 20.6 Å². The van der Waals surface area contributed by atoms with Gasteiger partial charge >= 0.3 is 109 Å². The first-order valence-electron chi connectivity index (χ1n) is 5.05. The third-order valence-corrected chi connectivity index (χ3v) is 3.45. The summed E-state index contributed by atoms with van der Waals surface area (Å²) in [5, 5.41) is 19.8. The van der Waals surface area contributed by atoms with E-state index in [1.807, 2.05) is 0 Å². The number of nitriles is 1. The van der Waals surface area contributed by atoms with E-state index in [4.69, 9.17) is 9.68 Å². The number of hydrogen-bond acceptors (Lipinski definition) is 4. The summed E-state index contributed by atoms with van der Waals surface area (Å²) in [4.78, 5) is 12.3. The molecular weight excluding hydrogens is 299 g/mol. The van der Waals surface area contributed by atoms with Crippen LogP contribution in [-0.2, 0) is 5.32 Å². The first-order chi connectivity index (χ1) is 8.70. The average molecular weight is 307 g/mol. The van der Waals surface area contributed by atoms with E-state index < -0.39 is 4.92 Å². The van der Waals surface area contributed by atoms with E-state index in [2.05, 4.69) is 4.97 Å². The van der Waals surface area contributed by atoms with E-state index in [0.29, 0.717) is 16.6 Å². The van der Waals surface area contributed by atoms with Gasteiger partial charge in [0.2, 0.25) is 0 Å². The Bertz CT molecular complexity index is 616. The Hall–Kier alpha value is -2.09. The van der Waals surface area contributed by atoms with Crippen molar-refractivity contribution in [1.29, 1.82) is 5.26 Å². The first-order valence-corrected chi connectivity index (χ1v) is 7.12. The van der Waals surface area contributed by atoms with Crippen molar-refractivity contribution in [1.82, 2.24) is 0 Å². The zero-order chi connectivity index (χ0) is 13.0. The topological polar surface area (TPSA) is 80.1 Å². The van der Waals surface area contributed by atoms with Crippen LogP contribution in [0, 0.1) is 20.3 Å². The summed E-state index contributed by atoms with van der Waals surface area (Å²) in [6.45, 7) is 0. The van der Waals surface area contributed by atoms with E-state index in [9.17, 15) is 10.1 Å². The molecule has 0 bridgehead atoms. The van der Waals surface area contributed by atoms with E-state index in [1.165, 1.54) is 12.1 Å². The molecule has 6 heteroatoms. The van der Waals surface area contributed by atoms with Gasteiger partial charge in [-0.1, -0.05) is 0 Å². The van der Waals surface area contributed by atoms with Gasteiger partial charge in [0.15, 0.2) is 0 Å². The van der Waals surface area contributed by atoms with E-state index >= 15 is 0 Å². The van der Waals surface area contributed by atoms with Crippen LogP contribution in [-0.4, -0.2) is 19.9 Å². The van der Waals surface area contributed by atoms with Crippen LogP contribution in [0.25, 0.3) is 11.3 Å². The van der Waals surface area contributed by atoms with E-state index in [-0.39, 0.29) is 20.6 Å². The SMILES string of the molecule is N#C[Se]Cc1ccc(-c2cccc([N+](=O)[O-])c2)o1. The van der Waals surface area contributed by atoms with Gasteiger partial charge in [0, 0.05) is 0 Å². The Morgan fingerprint density at radius 1 is 1.39 bits per heavy atom. The second-order valence-electron chi connectivity index (χ2n) is 3.45. The molecule has 1 aromatic carbocycles. The molecule has 0 aliphatic heterocycles. The van der Waals surface area contributed by atoms with Gasteiger partial charge in [0.05, 0.1) is 0 Å². The molecule has 0 atom stereocenters. The number of nitro benzene ring substituents is 1. The molecule has 0 saturated heterocycles. The number of benzene rings is 1. The fourth-order valence-corrected chi connectivity index (χ4v) is 2.25. The molecule has 0 saturated carbocycles. The molecule has 0 unspecified atom stereocenters. The molecule has 0 spiro atoms. The molecular formula is C12H8N2O3Se. The van der Waals surface area contributed by atoms with Gasteiger partial charge in [-0.05, 0) is 0 Å². The number of hydrogen-bond donors (Lipinski definition) is 0. The van der Waals surface area contributed by atoms with E-state index in [0.717, 1.165) is 5.76 Å². The van der Waals surface area contributed by atoms with Gasteiger partial charge in [-0.15, -0.1) is 0 Å². The molecule has 5 nitrogen and oxygen atoms in total. The zero-order valence-electron chi connectivity index (χ0n) is 9.20. The molecule has 0 aliphatic rings. The summed E-state index contributed by atoms with van der Waals surface area (Å²) in [6.07, 6.45) is 0. The van der Waals surface area contributed by atoms with Crippen LogP contribution < -0.4 is 0 Å². The van der Waals surface area contributed by atoms with Gasteiger partial charge in [-0.3, -0.25) is 0 Å². The minimum atomic E-state index is -0.438. The van der Waals surface area contributed by atoms with Crippen LogP contribution >= 0.6 is 0 Å². The van der Waals surface area contributed by atoms with E-state index in [1.54, 1.807) is 24.3 Å². The summed E-state index contributed by atoms with van der Waals surface area (Å²) in [5.41, 5.74) is 0.701. The normalized spacial score (nSPS) is 9.94. The Kier molecular flexibility index (Phi) is 3.78. The summed E-state index contributed by atoms with van der Waals surface area (Å²) in [7, 11) is 0. The van der Waals surface area contributed by atoms with Crippen LogP contribution in [0.1, 0.15) is 5.76 Å². The second-order valence-corrected chi connectivity index (χ2v) is 5.05. The third-order valence-electron chi connectivity index (χ3n) is 2.28. The van der Waals surface area contributed by atoms with Gasteiger partial charge in [0.25, 0.3) is 0 Å². The van der Waals surface area contributed by atoms with Gasteiger partial charge in [-0.25, -0.2) is 0 Å². The van der Waals surface area contributed by atoms with Crippen molar-refractivity contribution in [2.24, 2.45) is 0 Å². The molecule has 2 aromatic rings. The number of nitro groups is 1. The Labute approximate surface area is 109 Å². The standard InChI is InChI=1S/C12H8N2O3Se/c13-8-18-7-11-4-5-12(17-11)9-2-1-3-10(6-9)14(15)16/h1-6H,7H2. The molecule has 18 heavy (non-hydrogen) atoms. The molecule has 90 valence electrons. The van der Waals surface area contributed by atoms with Crippen LogP contribution in [0.3, 0.4) is 0 Å². The van der Waals surface area contributed by atoms with Crippen molar-refractivity contribution in [3.8, 4) is 16.3 Å². The third kappa shape index (κ3) is 2.77. The van der Waals surface area contributed by atoms with Crippen molar-refractivity contribution in [2.45, 2.75) is 5.32 Å². The van der Waals surface area contributed by atoms with Crippen LogP contribution in [0.15, 0.2) is 40.8 Å². The van der Waals surface area contributed by atoms with Crippen LogP contribution in [0.5, 0.6) is 0 Å². The maximum absolute atomic E-state index is 10.7. The molecule has 2 rings (SSSR count). The molecule has 0 fully saturated rings. The second kappa shape index (κ2) is 5.50. The number of non-ortho nitro benzene ring substituents is 1. The first kappa shape index (κ1) is 12.4. The van der Waals surface area contributed by atoms with Gasteiger partial charge < -0.3 is 0 Å². The zero-order valence-corrected chi connectivity index (χ0v) is 10.9. The van der Waals surface area contributed by atoms with Gasteiger partial charge in [0.1, 0.15) is 0 Å². The Balaban J connectivity index is 2.26. The fourth-order valence-electron chi connectivity index (χ4n) is 1.49. The number of furan rings is 1.